The fourth-order valence-corrected chi connectivity index (χ4v) is 3.70. The standard InChI is InChI=1S/C20H15FN2OS/c21-15-6-1-4-13(10-15)19-18(20(24)14-5-2-8-22-11-14)16(12-23-19)17-7-3-9-25-17/h1-12,20,23-24H. The quantitative estimate of drug-likeness (QED) is 0.542. The van der Waals surface area contributed by atoms with Crippen molar-refractivity contribution in [2.75, 3.05) is 0 Å². The van der Waals surface area contributed by atoms with Crippen molar-refractivity contribution >= 4 is 11.3 Å². The van der Waals surface area contributed by atoms with Crippen molar-refractivity contribution < 1.29 is 9.50 Å². The number of aromatic nitrogens is 2. The zero-order valence-corrected chi connectivity index (χ0v) is 14.0. The Hall–Kier alpha value is -2.76. The van der Waals surface area contributed by atoms with Crippen LogP contribution in [0.5, 0.6) is 0 Å². The fourth-order valence-electron chi connectivity index (χ4n) is 2.94. The first-order valence-corrected chi connectivity index (χ1v) is 8.71. The maximum absolute atomic E-state index is 13.7. The molecule has 1 atom stereocenters. The fraction of sp³-hybridized carbons (Fsp3) is 0.0500. The number of benzene rings is 1. The van der Waals surface area contributed by atoms with E-state index in [1.807, 2.05) is 35.8 Å². The van der Waals surface area contributed by atoms with Gasteiger partial charge in [0.15, 0.2) is 0 Å². The van der Waals surface area contributed by atoms with Crippen LogP contribution in [0, 0.1) is 5.82 Å². The zero-order chi connectivity index (χ0) is 17.2. The van der Waals surface area contributed by atoms with Crippen LogP contribution in [-0.4, -0.2) is 15.1 Å². The van der Waals surface area contributed by atoms with Gasteiger partial charge in [-0.25, -0.2) is 4.39 Å². The maximum atomic E-state index is 13.7. The van der Waals surface area contributed by atoms with E-state index in [1.54, 1.807) is 35.9 Å². The smallest absolute Gasteiger partial charge is 0.123 e. The summed E-state index contributed by atoms with van der Waals surface area (Å²) in [4.78, 5) is 8.35. The van der Waals surface area contributed by atoms with E-state index < -0.39 is 6.10 Å². The molecule has 0 spiro atoms. The third-order valence-electron chi connectivity index (χ3n) is 4.09. The molecular formula is C20H15FN2OS. The minimum absolute atomic E-state index is 0.313. The number of pyridine rings is 1. The van der Waals surface area contributed by atoms with Gasteiger partial charge in [0, 0.05) is 45.7 Å². The molecule has 4 aromatic rings. The van der Waals surface area contributed by atoms with E-state index in [0.717, 1.165) is 16.0 Å². The van der Waals surface area contributed by atoms with Crippen LogP contribution in [-0.2, 0) is 0 Å². The Morgan fingerprint density at radius 1 is 1.12 bits per heavy atom. The molecule has 0 amide bonds. The monoisotopic (exact) mass is 350 g/mol. The minimum atomic E-state index is -0.865. The van der Waals surface area contributed by atoms with E-state index in [0.29, 0.717) is 16.8 Å². The van der Waals surface area contributed by atoms with Crippen molar-refractivity contribution in [1.82, 2.24) is 9.97 Å². The number of aliphatic hydroxyl groups excluding tert-OH is 1. The highest BCUT2D eigenvalue weighted by atomic mass is 32.1. The van der Waals surface area contributed by atoms with E-state index >= 15 is 0 Å². The number of aromatic amines is 1. The number of hydrogen-bond donors (Lipinski definition) is 2. The van der Waals surface area contributed by atoms with Crippen molar-refractivity contribution in [3.8, 4) is 21.7 Å². The van der Waals surface area contributed by atoms with Gasteiger partial charge >= 0.3 is 0 Å². The average Bonchev–Trinajstić information content (AvgIpc) is 3.31. The summed E-state index contributed by atoms with van der Waals surface area (Å²) < 4.78 is 13.7. The van der Waals surface area contributed by atoms with Crippen LogP contribution in [0.15, 0.2) is 72.5 Å². The van der Waals surface area contributed by atoms with Crippen molar-refractivity contribution in [2.45, 2.75) is 6.10 Å². The molecule has 0 radical (unpaired) electrons. The van der Waals surface area contributed by atoms with Crippen LogP contribution in [0.1, 0.15) is 17.2 Å². The second-order valence-electron chi connectivity index (χ2n) is 5.67. The van der Waals surface area contributed by atoms with E-state index in [2.05, 4.69) is 9.97 Å². The lowest BCUT2D eigenvalue weighted by atomic mass is 9.95. The molecule has 25 heavy (non-hydrogen) atoms. The van der Waals surface area contributed by atoms with Gasteiger partial charge in [0.2, 0.25) is 0 Å². The number of rotatable bonds is 4. The summed E-state index contributed by atoms with van der Waals surface area (Å²) in [5.74, 6) is -0.313. The topological polar surface area (TPSA) is 48.9 Å². The van der Waals surface area contributed by atoms with Gasteiger partial charge in [0.05, 0.1) is 5.69 Å². The molecule has 2 N–H and O–H groups in total. The van der Waals surface area contributed by atoms with Gasteiger partial charge in [-0.15, -0.1) is 11.3 Å². The Kier molecular flexibility index (Phi) is 4.17. The van der Waals surface area contributed by atoms with Gasteiger partial charge in [-0.1, -0.05) is 24.3 Å². The summed E-state index contributed by atoms with van der Waals surface area (Å²) >= 11 is 1.59. The largest absolute Gasteiger partial charge is 0.383 e. The van der Waals surface area contributed by atoms with Crippen LogP contribution in [0.25, 0.3) is 21.7 Å². The van der Waals surface area contributed by atoms with Gasteiger partial charge in [0.25, 0.3) is 0 Å². The van der Waals surface area contributed by atoms with Gasteiger partial charge in [0.1, 0.15) is 11.9 Å². The molecule has 0 aliphatic carbocycles. The second-order valence-corrected chi connectivity index (χ2v) is 6.62. The highest BCUT2D eigenvalue weighted by molar-refractivity contribution is 7.13. The van der Waals surface area contributed by atoms with Crippen LogP contribution in [0.4, 0.5) is 4.39 Å². The third-order valence-corrected chi connectivity index (χ3v) is 5.00. The predicted molar refractivity (Wildman–Crippen MR) is 97.8 cm³/mol. The SMILES string of the molecule is OC(c1cccnc1)c1c(-c2cccs2)c[nH]c1-c1cccc(F)c1. The molecule has 1 unspecified atom stereocenters. The number of nitrogens with zero attached hydrogens (tertiary/aromatic N) is 1. The zero-order valence-electron chi connectivity index (χ0n) is 13.2. The molecule has 3 aromatic heterocycles. The maximum Gasteiger partial charge on any atom is 0.123 e. The van der Waals surface area contributed by atoms with Gasteiger partial charge in [-0.3, -0.25) is 4.98 Å². The highest BCUT2D eigenvalue weighted by Crippen LogP contribution is 2.40. The highest BCUT2D eigenvalue weighted by Gasteiger charge is 2.23. The predicted octanol–water partition coefficient (Wildman–Crippen LogP) is 5.03. The van der Waals surface area contributed by atoms with E-state index in [4.69, 9.17) is 0 Å². The number of hydrogen-bond acceptors (Lipinski definition) is 3. The Balaban J connectivity index is 1.91. The molecule has 3 nitrogen and oxygen atoms in total. The number of halogens is 1. The molecule has 0 saturated carbocycles. The lowest BCUT2D eigenvalue weighted by Gasteiger charge is -2.14. The molecule has 124 valence electrons. The summed E-state index contributed by atoms with van der Waals surface area (Å²) in [6.45, 7) is 0. The molecule has 3 heterocycles. The number of aliphatic hydroxyl groups is 1. The summed E-state index contributed by atoms with van der Waals surface area (Å²) in [7, 11) is 0. The summed E-state index contributed by atoms with van der Waals surface area (Å²) in [5.41, 5.74) is 3.73. The van der Waals surface area contributed by atoms with E-state index in [-0.39, 0.29) is 5.82 Å². The normalized spacial score (nSPS) is 12.2. The van der Waals surface area contributed by atoms with Gasteiger partial charge < -0.3 is 10.1 Å². The molecule has 1 aromatic carbocycles. The first-order chi connectivity index (χ1) is 12.2. The lowest BCUT2D eigenvalue weighted by Crippen LogP contribution is -2.02. The Labute approximate surface area is 148 Å². The molecule has 4 rings (SSSR count). The van der Waals surface area contributed by atoms with E-state index in [9.17, 15) is 9.50 Å². The Morgan fingerprint density at radius 3 is 2.76 bits per heavy atom. The molecule has 0 aliphatic heterocycles. The second kappa shape index (κ2) is 6.63. The lowest BCUT2D eigenvalue weighted by molar-refractivity contribution is 0.221. The number of thiophene rings is 1. The van der Waals surface area contributed by atoms with Crippen molar-refractivity contribution in [3.05, 3.63) is 89.4 Å². The summed E-state index contributed by atoms with van der Waals surface area (Å²) in [6.07, 6.45) is 4.31. The van der Waals surface area contributed by atoms with Crippen LogP contribution < -0.4 is 0 Å². The van der Waals surface area contributed by atoms with Crippen LogP contribution in [0.2, 0.25) is 0 Å². The van der Waals surface area contributed by atoms with Crippen molar-refractivity contribution in [1.29, 1.82) is 0 Å². The third kappa shape index (κ3) is 2.99. The molecular weight excluding hydrogens is 335 g/mol. The van der Waals surface area contributed by atoms with Crippen LogP contribution >= 0.6 is 11.3 Å². The summed E-state index contributed by atoms with van der Waals surface area (Å²) in [5, 5.41) is 13.0. The summed E-state index contributed by atoms with van der Waals surface area (Å²) in [6, 6.07) is 13.9. The molecule has 0 aliphatic rings. The molecule has 0 saturated heterocycles. The molecule has 0 bridgehead atoms. The number of H-pyrrole nitrogens is 1. The molecule has 5 heteroatoms. The Morgan fingerprint density at radius 2 is 2.04 bits per heavy atom. The van der Waals surface area contributed by atoms with Gasteiger partial charge in [-0.2, -0.15) is 0 Å². The number of nitrogens with one attached hydrogen (secondary N) is 1. The Bertz CT molecular complexity index is 980. The average molecular weight is 350 g/mol. The van der Waals surface area contributed by atoms with Crippen LogP contribution in [0.3, 0.4) is 0 Å². The van der Waals surface area contributed by atoms with Crippen molar-refractivity contribution in [2.24, 2.45) is 0 Å². The first kappa shape index (κ1) is 15.7. The van der Waals surface area contributed by atoms with E-state index in [1.165, 1.54) is 12.1 Å². The van der Waals surface area contributed by atoms with Crippen molar-refractivity contribution in [3.63, 3.8) is 0 Å². The first-order valence-electron chi connectivity index (χ1n) is 7.83. The van der Waals surface area contributed by atoms with Gasteiger partial charge in [-0.05, 0) is 29.6 Å². The minimum Gasteiger partial charge on any atom is -0.383 e. The molecule has 0 fully saturated rings.